The van der Waals surface area contributed by atoms with Gasteiger partial charge in [-0.3, -0.25) is 0 Å². The van der Waals surface area contributed by atoms with Crippen LogP contribution >= 0.6 is 0 Å². The van der Waals surface area contributed by atoms with Crippen LogP contribution in [-0.2, 0) is 4.79 Å². The Balaban J connectivity index is 2.82. The van der Waals surface area contributed by atoms with Crippen LogP contribution < -0.4 is 5.32 Å². The number of hydrogen-bond donors (Lipinski definition) is 1. The van der Waals surface area contributed by atoms with Gasteiger partial charge in [-0.15, -0.1) is 0 Å². The average Bonchev–Trinajstić information content (AvgIpc) is 1.66. The molecule has 0 atom stereocenters. The van der Waals surface area contributed by atoms with Crippen molar-refractivity contribution in [1.29, 1.82) is 0 Å². The smallest absolute Gasteiger partial charge is 0.303 e. The Morgan fingerprint density at radius 3 is 2.75 bits per heavy atom. The molecule has 2 nitrogen and oxygen atoms in total. The fourth-order valence-corrected chi connectivity index (χ4v) is 0.420. The zero-order chi connectivity index (χ0) is 6.41. The summed E-state index contributed by atoms with van der Waals surface area (Å²) in [4.78, 5) is 10.2. The summed E-state index contributed by atoms with van der Waals surface area (Å²) in [5.74, 6) is 0.153. The van der Waals surface area contributed by atoms with E-state index in [-0.39, 0.29) is 5.78 Å². The molecule has 46 valence electrons. The van der Waals surface area contributed by atoms with Gasteiger partial charge in [-0.25, -0.2) is 4.79 Å². The van der Waals surface area contributed by atoms with Gasteiger partial charge in [-0.1, -0.05) is 0 Å². The predicted molar refractivity (Wildman–Crippen MR) is 33.5 cm³/mol. The van der Waals surface area contributed by atoms with Crippen molar-refractivity contribution in [2.75, 3.05) is 13.6 Å². The monoisotopic (exact) mass is 114 g/mol. The predicted octanol–water partition coefficient (Wildman–Crippen LogP) is 0.389. The molecule has 0 aromatic carbocycles. The van der Waals surface area contributed by atoms with Gasteiger partial charge >= 0.3 is 5.78 Å². The summed E-state index contributed by atoms with van der Waals surface area (Å²) in [5, 5.41) is 2.94. The first-order chi connectivity index (χ1) is 3.77. The van der Waals surface area contributed by atoms with Crippen LogP contribution in [0.3, 0.4) is 0 Å². The van der Waals surface area contributed by atoms with Gasteiger partial charge < -0.3 is 5.32 Å². The van der Waals surface area contributed by atoms with Crippen LogP contribution in [0.5, 0.6) is 0 Å². The third kappa shape index (κ3) is 5.50. The number of Topliss-reactive ketones (excluding diaryl/α,β-unsaturated/α-hetero) is 1. The maximum Gasteiger partial charge on any atom is 0.303 e. The van der Waals surface area contributed by atoms with Crippen molar-refractivity contribution in [2.45, 2.75) is 13.3 Å². The second-order valence-electron chi connectivity index (χ2n) is 1.71. The van der Waals surface area contributed by atoms with Crippen LogP contribution in [0.25, 0.3) is 0 Å². The molecule has 0 saturated carbocycles. The molecule has 0 radical (unpaired) electrons. The molecule has 0 fully saturated rings. The van der Waals surface area contributed by atoms with E-state index in [2.05, 4.69) is 5.32 Å². The van der Waals surface area contributed by atoms with E-state index in [1.54, 1.807) is 13.3 Å². The van der Waals surface area contributed by atoms with Gasteiger partial charge in [-0.05, 0) is 7.05 Å². The molecular weight excluding hydrogens is 102 g/mol. The van der Waals surface area contributed by atoms with Crippen molar-refractivity contribution in [3.63, 3.8) is 0 Å². The van der Waals surface area contributed by atoms with E-state index in [4.69, 9.17) is 0 Å². The summed E-state index contributed by atoms with van der Waals surface area (Å²) >= 11 is 0. The van der Waals surface area contributed by atoms with E-state index >= 15 is 0 Å². The van der Waals surface area contributed by atoms with Crippen LogP contribution in [0.15, 0.2) is 0 Å². The lowest BCUT2D eigenvalue weighted by Crippen LogP contribution is -2.08. The molecule has 0 heterocycles. The Morgan fingerprint density at radius 2 is 2.38 bits per heavy atom. The quantitative estimate of drug-likeness (QED) is 0.423. The molecular formula is C6H12NO+. The third-order valence-corrected chi connectivity index (χ3v) is 0.826. The van der Waals surface area contributed by atoms with Crippen molar-refractivity contribution < 1.29 is 4.79 Å². The van der Waals surface area contributed by atoms with Crippen LogP contribution in [0.1, 0.15) is 13.3 Å². The number of hydrogen-bond acceptors (Lipinski definition) is 2. The van der Waals surface area contributed by atoms with E-state index in [0.717, 1.165) is 13.0 Å². The highest BCUT2D eigenvalue weighted by atomic mass is 16.1. The zero-order valence-corrected chi connectivity index (χ0v) is 5.40. The van der Waals surface area contributed by atoms with E-state index in [9.17, 15) is 4.79 Å². The SMILES string of the molecule is CNCC[CH+]C(C)=O. The van der Waals surface area contributed by atoms with E-state index in [0.29, 0.717) is 0 Å². The summed E-state index contributed by atoms with van der Waals surface area (Å²) < 4.78 is 0. The summed E-state index contributed by atoms with van der Waals surface area (Å²) in [6.45, 7) is 2.45. The largest absolute Gasteiger partial charge is 0.316 e. The lowest BCUT2D eigenvalue weighted by Gasteiger charge is -1.85. The first kappa shape index (κ1) is 7.50. The van der Waals surface area contributed by atoms with Gasteiger partial charge in [0.1, 0.15) is 12.8 Å². The Hall–Kier alpha value is -0.500. The van der Waals surface area contributed by atoms with Gasteiger partial charge in [0.2, 0.25) is 0 Å². The van der Waals surface area contributed by atoms with E-state index in [1.807, 2.05) is 7.05 Å². The lowest BCUT2D eigenvalue weighted by atomic mass is 10.2. The summed E-state index contributed by atoms with van der Waals surface area (Å²) in [6.07, 6.45) is 2.52. The lowest BCUT2D eigenvalue weighted by molar-refractivity contribution is -0.114. The molecule has 0 aliphatic rings. The van der Waals surface area contributed by atoms with E-state index < -0.39 is 0 Å². The minimum atomic E-state index is 0.153. The number of nitrogens with one attached hydrogen (secondary N) is 1. The standard InChI is InChI=1S/C6H12NO/c1-6(8)4-3-5-7-2/h4,7H,3,5H2,1-2H3/q+1. The molecule has 0 rings (SSSR count). The molecule has 0 bridgehead atoms. The first-order valence-electron chi connectivity index (χ1n) is 2.75. The number of carbonyl (C=O) groups is 1. The number of carbonyl (C=O) groups excluding carboxylic acids is 1. The van der Waals surface area contributed by atoms with Crippen LogP contribution in [0.4, 0.5) is 0 Å². The molecule has 0 aromatic heterocycles. The summed E-state index contributed by atoms with van der Waals surface area (Å²) in [6, 6.07) is 0. The minimum absolute atomic E-state index is 0.153. The summed E-state index contributed by atoms with van der Waals surface area (Å²) in [5.41, 5.74) is 0. The van der Waals surface area contributed by atoms with Crippen molar-refractivity contribution >= 4 is 5.78 Å². The van der Waals surface area contributed by atoms with Crippen molar-refractivity contribution in [3.8, 4) is 0 Å². The molecule has 0 aliphatic heterocycles. The normalized spacial score (nSPS) is 8.75. The fraction of sp³-hybridized carbons (Fsp3) is 0.667. The molecule has 8 heavy (non-hydrogen) atoms. The van der Waals surface area contributed by atoms with Crippen LogP contribution in [0.2, 0.25) is 0 Å². The summed E-state index contributed by atoms with van der Waals surface area (Å²) in [7, 11) is 1.87. The first-order valence-corrected chi connectivity index (χ1v) is 2.75. The van der Waals surface area contributed by atoms with Gasteiger partial charge in [0, 0.05) is 13.5 Å². The maximum absolute atomic E-state index is 10.2. The van der Waals surface area contributed by atoms with Gasteiger partial charge in [0.25, 0.3) is 0 Å². The Morgan fingerprint density at radius 1 is 1.75 bits per heavy atom. The molecule has 0 amide bonds. The Bertz CT molecular complexity index is 70.9. The number of rotatable bonds is 4. The Labute approximate surface area is 50.3 Å². The third-order valence-electron chi connectivity index (χ3n) is 0.826. The highest BCUT2D eigenvalue weighted by Crippen LogP contribution is 1.84. The van der Waals surface area contributed by atoms with Gasteiger partial charge in [0.15, 0.2) is 0 Å². The fourth-order valence-electron chi connectivity index (χ4n) is 0.420. The second kappa shape index (κ2) is 4.65. The van der Waals surface area contributed by atoms with Crippen molar-refractivity contribution in [3.05, 3.63) is 6.42 Å². The highest BCUT2D eigenvalue weighted by Gasteiger charge is 2.01. The molecule has 0 spiro atoms. The molecule has 0 aromatic rings. The van der Waals surface area contributed by atoms with E-state index in [1.165, 1.54) is 0 Å². The van der Waals surface area contributed by atoms with Gasteiger partial charge in [0.05, 0.1) is 0 Å². The molecule has 1 N–H and O–H groups in total. The maximum atomic E-state index is 10.2. The van der Waals surface area contributed by atoms with Gasteiger partial charge in [-0.2, -0.15) is 0 Å². The topological polar surface area (TPSA) is 29.1 Å². The van der Waals surface area contributed by atoms with Crippen molar-refractivity contribution in [1.82, 2.24) is 5.32 Å². The molecule has 2 heteroatoms. The number of ketones is 1. The zero-order valence-electron chi connectivity index (χ0n) is 5.40. The Kier molecular flexibility index (Phi) is 4.36. The molecule has 0 aliphatic carbocycles. The van der Waals surface area contributed by atoms with Crippen LogP contribution in [-0.4, -0.2) is 19.4 Å². The highest BCUT2D eigenvalue weighted by molar-refractivity contribution is 5.84. The molecule has 0 saturated heterocycles. The average molecular weight is 114 g/mol. The van der Waals surface area contributed by atoms with Crippen molar-refractivity contribution in [2.24, 2.45) is 0 Å². The van der Waals surface area contributed by atoms with Crippen LogP contribution in [0, 0.1) is 6.42 Å². The molecule has 0 unspecified atom stereocenters. The minimum Gasteiger partial charge on any atom is -0.316 e. The second-order valence-corrected chi connectivity index (χ2v) is 1.71.